The second-order valence-corrected chi connectivity index (χ2v) is 9.53. The van der Waals surface area contributed by atoms with Crippen molar-refractivity contribution >= 4 is 23.4 Å². The summed E-state index contributed by atoms with van der Waals surface area (Å²) in [4.78, 5) is 46.3. The van der Waals surface area contributed by atoms with Crippen molar-refractivity contribution in [1.82, 2.24) is 9.80 Å². The molecule has 1 aromatic carbocycles. The molecule has 0 saturated carbocycles. The molecular weight excluding hydrogens is 450 g/mol. The topological polar surface area (TPSA) is 99.6 Å². The molecule has 35 heavy (non-hydrogen) atoms. The zero-order valence-corrected chi connectivity index (χ0v) is 20.2. The Labute approximate surface area is 204 Å². The number of rotatable bonds is 5. The molecule has 1 aromatic rings. The monoisotopic (exact) mass is 481 g/mol. The third-order valence-electron chi connectivity index (χ3n) is 7.76. The Morgan fingerprint density at radius 2 is 1.86 bits per heavy atom. The molecule has 186 valence electrons. The van der Waals surface area contributed by atoms with Crippen LogP contribution in [0.15, 0.2) is 48.6 Å². The first kappa shape index (κ1) is 23.6. The van der Waals surface area contributed by atoms with E-state index in [0.717, 1.165) is 0 Å². The minimum absolute atomic E-state index is 0.176. The number of likely N-dealkylation sites (tertiary alicyclic amines) is 1. The van der Waals surface area contributed by atoms with E-state index < -0.39 is 35.6 Å². The molecule has 4 aliphatic rings. The van der Waals surface area contributed by atoms with E-state index in [1.54, 1.807) is 48.2 Å². The number of anilines is 1. The maximum Gasteiger partial charge on any atom is 0.253 e. The Morgan fingerprint density at radius 3 is 2.51 bits per heavy atom. The molecular formula is C26H31N3O6. The van der Waals surface area contributed by atoms with E-state index in [-0.39, 0.29) is 30.9 Å². The number of ether oxygens (including phenoxy) is 2. The predicted molar refractivity (Wildman–Crippen MR) is 128 cm³/mol. The lowest BCUT2D eigenvalue weighted by Gasteiger charge is -2.38. The summed E-state index contributed by atoms with van der Waals surface area (Å²) in [7, 11) is 3.28. The maximum absolute atomic E-state index is 14.2. The van der Waals surface area contributed by atoms with Crippen LogP contribution in [0.1, 0.15) is 13.3 Å². The Kier molecular flexibility index (Phi) is 5.93. The van der Waals surface area contributed by atoms with Crippen molar-refractivity contribution in [2.24, 2.45) is 11.8 Å². The first-order chi connectivity index (χ1) is 16.9. The van der Waals surface area contributed by atoms with Gasteiger partial charge in [0, 0.05) is 25.8 Å². The van der Waals surface area contributed by atoms with Gasteiger partial charge in [-0.2, -0.15) is 0 Å². The number of fused-ring (bicyclic) bond motifs is 2. The average Bonchev–Trinajstić information content (AvgIpc) is 3.19. The van der Waals surface area contributed by atoms with Crippen LogP contribution in [0.5, 0.6) is 5.75 Å². The van der Waals surface area contributed by atoms with Crippen molar-refractivity contribution in [2.45, 2.75) is 37.1 Å². The second-order valence-electron chi connectivity index (χ2n) is 9.53. The van der Waals surface area contributed by atoms with Gasteiger partial charge in [-0.15, -0.1) is 0 Å². The number of benzene rings is 1. The van der Waals surface area contributed by atoms with Crippen LogP contribution >= 0.6 is 0 Å². The molecule has 9 heteroatoms. The molecule has 0 bridgehead atoms. The zero-order chi connectivity index (χ0) is 24.9. The molecule has 0 aromatic heterocycles. The van der Waals surface area contributed by atoms with Gasteiger partial charge in [-0.1, -0.05) is 31.2 Å². The molecule has 4 heterocycles. The minimum Gasteiger partial charge on any atom is -0.497 e. The average molecular weight is 482 g/mol. The van der Waals surface area contributed by atoms with Crippen LogP contribution in [0.3, 0.4) is 0 Å². The van der Waals surface area contributed by atoms with Gasteiger partial charge in [0.15, 0.2) is 0 Å². The third kappa shape index (κ3) is 3.40. The van der Waals surface area contributed by atoms with Crippen molar-refractivity contribution < 1.29 is 29.0 Å². The first-order valence-corrected chi connectivity index (χ1v) is 12.0. The Balaban J connectivity index is 1.63. The summed E-state index contributed by atoms with van der Waals surface area (Å²) in [6, 6.07) is 5.57. The summed E-state index contributed by atoms with van der Waals surface area (Å²) in [5.41, 5.74) is -0.640. The second kappa shape index (κ2) is 8.80. The predicted octanol–water partition coefficient (Wildman–Crippen LogP) is 0.978. The fourth-order valence-corrected chi connectivity index (χ4v) is 6.00. The van der Waals surface area contributed by atoms with E-state index in [2.05, 4.69) is 0 Å². The van der Waals surface area contributed by atoms with Gasteiger partial charge in [0.25, 0.3) is 5.91 Å². The molecule has 1 spiro atoms. The molecule has 0 aliphatic carbocycles. The summed E-state index contributed by atoms with van der Waals surface area (Å²) in [5, 5.41) is 10.1. The Morgan fingerprint density at radius 1 is 1.11 bits per heavy atom. The number of amides is 3. The van der Waals surface area contributed by atoms with Crippen LogP contribution in [-0.4, -0.2) is 90.3 Å². The van der Waals surface area contributed by atoms with E-state index >= 15 is 0 Å². The van der Waals surface area contributed by atoms with Gasteiger partial charge in [-0.3, -0.25) is 14.4 Å². The van der Waals surface area contributed by atoms with E-state index in [1.165, 1.54) is 4.90 Å². The fraction of sp³-hybridized carbons (Fsp3) is 0.500. The smallest absolute Gasteiger partial charge is 0.253 e. The lowest BCUT2D eigenvalue weighted by atomic mass is 9.77. The van der Waals surface area contributed by atoms with Crippen molar-refractivity contribution in [3.8, 4) is 5.75 Å². The summed E-state index contributed by atoms with van der Waals surface area (Å²) in [6.45, 7) is 2.30. The quantitative estimate of drug-likeness (QED) is 0.630. The highest BCUT2D eigenvalue weighted by Gasteiger charge is 2.72. The summed E-state index contributed by atoms with van der Waals surface area (Å²) in [6.07, 6.45) is 7.21. The van der Waals surface area contributed by atoms with Crippen LogP contribution in [0.2, 0.25) is 0 Å². The normalized spacial score (nSPS) is 32.8. The van der Waals surface area contributed by atoms with Crippen LogP contribution < -0.4 is 9.64 Å². The summed E-state index contributed by atoms with van der Waals surface area (Å²) < 4.78 is 11.8. The summed E-state index contributed by atoms with van der Waals surface area (Å²) in [5.74, 6) is -1.73. The van der Waals surface area contributed by atoms with Gasteiger partial charge >= 0.3 is 0 Å². The summed E-state index contributed by atoms with van der Waals surface area (Å²) >= 11 is 0. The van der Waals surface area contributed by atoms with Gasteiger partial charge in [0.05, 0.1) is 37.7 Å². The highest BCUT2D eigenvalue weighted by atomic mass is 16.5. The molecule has 1 N–H and O–H groups in total. The Bertz CT molecular complexity index is 1080. The number of carbonyl (C=O) groups excluding carboxylic acids is 3. The molecule has 4 aliphatic heterocycles. The lowest BCUT2D eigenvalue weighted by molar-refractivity contribution is -0.146. The lowest BCUT2D eigenvalue weighted by Crippen LogP contribution is -2.58. The van der Waals surface area contributed by atoms with Crippen LogP contribution in [-0.2, 0) is 19.1 Å². The third-order valence-corrected chi connectivity index (χ3v) is 7.76. The largest absolute Gasteiger partial charge is 0.497 e. The highest BCUT2D eigenvalue weighted by Crippen LogP contribution is 2.54. The van der Waals surface area contributed by atoms with Crippen LogP contribution in [0, 0.1) is 11.8 Å². The van der Waals surface area contributed by atoms with Gasteiger partial charge in [0.1, 0.15) is 17.4 Å². The number of methoxy groups -OCH3 is 1. The number of nitrogens with zero attached hydrogens (tertiary/aromatic N) is 3. The fourth-order valence-electron chi connectivity index (χ4n) is 6.00. The number of hydrogen-bond acceptors (Lipinski definition) is 6. The van der Waals surface area contributed by atoms with Crippen molar-refractivity contribution in [2.75, 3.05) is 38.8 Å². The van der Waals surface area contributed by atoms with E-state index in [0.29, 0.717) is 24.4 Å². The Hall–Kier alpha value is -3.17. The van der Waals surface area contributed by atoms with Crippen LogP contribution in [0.25, 0.3) is 0 Å². The molecule has 9 nitrogen and oxygen atoms in total. The zero-order valence-electron chi connectivity index (χ0n) is 20.2. The van der Waals surface area contributed by atoms with Gasteiger partial charge in [0.2, 0.25) is 11.8 Å². The number of carbonyl (C=O) groups is 3. The molecule has 0 radical (unpaired) electrons. The van der Waals surface area contributed by atoms with Gasteiger partial charge in [-0.25, -0.2) is 0 Å². The molecule has 5 rings (SSSR count). The number of aliphatic hydroxyl groups excluding tert-OH is 1. The maximum atomic E-state index is 14.2. The number of aliphatic hydroxyl groups is 1. The first-order valence-electron chi connectivity index (χ1n) is 12.0. The standard InChI is InChI=1S/C26H31N3O6/c1-4-16(15-30)29-22-25(33)28(17-8-10-18(34-3)11-9-17)14-6-12-26(22)21(24(29)32)20-19(35-26)7-5-13-27(2)23(20)31/h5-12,16,19-22,30H,4,13-15H2,1-3H3/t16-,19-,20+,21-,22?,26-/m0/s1. The van der Waals surface area contributed by atoms with E-state index in [4.69, 9.17) is 9.47 Å². The van der Waals surface area contributed by atoms with Crippen molar-refractivity contribution in [1.29, 1.82) is 0 Å². The van der Waals surface area contributed by atoms with Gasteiger partial charge < -0.3 is 29.3 Å². The molecule has 2 saturated heterocycles. The minimum atomic E-state index is -1.30. The van der Waals surface area contributed by atoms with Crippen molar-refractivity contribution in [3.05, 3.63) is 48.6 Å². The molecule has 2 fully saturated rings. The van der Waals surface area contributed by atoms with Gasteiger partial charge in [-0.05, 0) is 30.7 Å². The van der Waals surface area contributed by atoms with E-state index in [1.807, 2.05) is 31.2 Å². The molecule has 3 amide bonds. The van der Waals surface area contributed by atoms with E-state index in [9.17, 15) is 19.5 Å². The van der Waals surface area contributed by atoms with Crippen molar-refractivity contribution in [3.63, 3.8) is 0 Å². The molecule has 1 unspecified atom stereocenters. The SMILES string of the molecule is CC[C@@H](CO)N1C(=O)[C@@H]2[C@@H]3C(=O)N(C)CC=C[C@@H]3O[C@@]23C=CCN(c2ccc(OC)cc2)C(=O)C13. The highest BCUT2D eigenvalue weighted by molar-refractivity contribution is 6.06. The molecule has 6 atom stereocenters. The number of hydrogen-bond donors (Lipinski definition) is 1. The van der Waals surface area contributed by atoms with Crippen LogP contribution in [0.4, 0.5) is 5.69 Å². The number of likely N-dealkylation sites (N-methyl/N-ethyl adjacent to an activating group) is 1.